The van der Waals surface area contributed by atoms with Gasteiger partial charge in [0, 0.05) is 4.47 Å². The van der Waals surface area contributed by atoms with Crippen LogP contribution in [0.3, 0.4) is 0 Å². The van der Waals surface area contributed by atoms with Gasteiger partial charge in [0.1, 0.15) is 11.6 Å². The number of benzene rings is 1. The molecule has 1 heterocycles. The zero-order valence-corrected chi connectivity index (χ0v) is 10.3. The van der Waals surface area contributed by atoms with Crippen LogP contribution in [0.5, 0.6) is 5.75 Å². The average molecular weight is 283 g/mol. The van der Waals surface area contributed by atoms with Crippen molar-refractivity contribution < 1.29 is 4.74 Å². The first-order valence-electron chi connectivity index (χ1n) is 4.70. The molecule has 0 aliphatic carbocycles. The van der Waals surface area contributed by atoms with Crippen LogP contribution >= 0.6 is 15.9 Å². The number of nitrogens with zero attached hydrogens (tertiary/aromatic N) is 2. The lowest BCUT2D eigenvalue weighted by Crippen LogP contribution is -1.98. The highest BCUT2D eigenvalue weighted by Gasteiger charge is 2.11. The number of hydrogen-bond donors (Lipinski definition) is 2. The Balaban J connectivity index is 2.49. The summed E-state index contributed by atoms with van der Waals surface area (Å²) in [4.78, 5) is 4.26. The van der Waals surface area contributed by atoms with Gasteiger partial charge in [-0.05, 0) is 18.2 Å². The fourth-order valence-corrected chi connectivity index (χ4v) is 1.72. The zero-order chi connectivity index (χ0) is 11.5. The normalized spacial score (nSPS) is 10.4. The van der Waals surface area contributed by atoms with E-state index in [2.05, 4.69) is 31.1 Å². The molecular formula is C10H11BrN4O. The Labute approximate surface area is 101 Å². The summed E-state index contributed by atoms with van der Waals surface area (Å²) in [5.74, 6) is 1.96. The van der Waals surface area contributed by atoms with Crippen LogP contribution in [-0.4, -0.2) is 22.3 Å². The summed E-state index contributed by atoms with van der Waals surface area (Å²) < 4.78 is 6.20. The Morgan fingerprint density at radius 3 is 2.94 bits per heavy atom. The molecule has 0 saturated heterocycles. The van der Waals surface area contributed by atoms with Gasteiger partial charge in [-0.3, -0.25) is 5.10 Å². The number of aromatic nitrogens is 3. The second-order valence-corrected chi connectivity index (χ2v) is 4.07. The van der Waals surface area contributed by atoms with Gasteiger partial charge in [-0.1, -0.05) is 15.9 Å². The molecule has 16 heavy (non-hydrogen) atoms. The molecule has 0 amide bonds. The number of nitrogens with two attached hydrogens (primary N) is 1. The first-order valence-corrected chi connectivity index (χ1v) is 5.49. The van der Waals surface area contributed by atoms with Crippen molar-refractivity contribution in [3.8, 4) is 17.1 Å². The summed E-state index contributed by atoms with van der Waals surface area (Å²) in [6.45, 7) is 0.337. The topological polar surface area (TPSA) is 76.8 Å². The van der Waals surface area contributed by atoms with Gasteiger partial charge in [0.05, 0.1) is 19.2 Å². The third-order valence-electron chi connectivity index (χ3n) is 2.13. The molecule has 3 N–H and O–H groups in total. The van der Waals surface area contributed by atoms with E-state index in [1.54, 1.807) is 7.11 Å². The molecule has 6 heteroatoms. The number of methoxy groups -OCH3 is 1. The number of H-pyrrole nitrogens is 1. The van der Waals surface area contributed by atoms with Crippen molar-refractivity contribution >= 4 is 15.9 Å². The van der Waals surface area contributed by atoms with Gasteiger partial charge in [0.2, 0.25) is 0 Å². The molecule has 0 aliphatic heterocycles. The molecule has 1 aromatic heterocycles. The van der Waals surface area contributed by atoms with Crippen LogP contribution in [0.15, 0.2) is 22.7 Å². The van der Waals surface area contributed by atoms with Gasteiger partial charge in [-0.25, -0.2) is 4.98 Å². The van der Waals surface area contributed by atoms with Crippen LogP contribution in [0.1, 0.15) is 5.82 Å². The monoisotopic (exact) mass is 282 g/mol. The first-order chi connectivity index (χ1) is 7.74. The van der Waals surface area contributed by atoms with Crippen LogP contribution < -0.4 is 10.5 Å². The summed E-state index contributed by atoms with van der Waals surface area (Å²) in [5, 5.41) is 6.86. The van der Waals surface area contributed by atoms with Gasteiger partial charge < -0.3 is 10.5 Å². The van der Waals surface area contributed by atoms with Gasteiger partial charge in [0.15, 0.2) is 5.82 Å². The van der Waals surface area contributed by atoms with Crippen LogP contribution in [0.25, 0.3) is 11.4 Å². The molecule has 2 rings (SSSR count). The van der Waals surface area contributed by atoms with Crippen LogP contribution in [0.4, 0.5) is 0 Å². The molecule has 5 nitrogen and oxygen atoms in total. The molecule has 0 fully saturated rings. The van der Waals surface area contributed by atoms with Gasteiger partial charge >= 0.3 is 0 Å². The summed E-state index contributed by atoms with van der Waals surface area (Å²) in [7, 11) is 1.61. The maximum absolute atomic E-state index is 5.47. The molecule has 1 aromatic carbocycles. The minimum atomic E-state index is 0.337. The standard InChI is InChI=1S/C10H11BrN4O/c1-16-8-3-2-6(11)4-7(8)10-13-9(5-12)14-15-10/h2-4H,5,12H2,1H3,(H,13,14,15). The van der Waals surface area contributed by atoms with Crippen molar-refractivity contribution in [1.82, 2.24) is 15.2 Å². The number of nitrogens with one attached hydrogen (secondary N) is 1. The first kappa shape index (κ1) is 11.1. The lowest BCUT2D eigenvalue weighted by Gasteiger charge is -2.05. The molecule has 2 aromatic rings. The largest absolute Gasteiger partial charge is 0.496 e. The number of halogens is 1. The van der Waals surface area contributed by atoms with E-state index in [9.17, 15) is 0 Å². The molecule has 84 valence electrons. The fraction of sp³-hybridized carbons (Fsp3) is 0.200. The van der Waals surface area contributed by atoms with E-state index < -0.39 is 0 Å². The quantitative estimate of drug-likeness (QED) is 0.898. The summed E-state index contributed by atoms with van der Waals surface area (Å²) in [5.41, 5.74) is 6.29. The highest BCUT2D eigenvalue weighted by molar-refractivity contribution is 9.10. The zero-order valence-electron chi connectivity index (χ0n) is 8.70. The smallest absolute Gasteiger partial charge is 0.184 e. The summed E-state index contributed by atoms with van der Waals surface area (Å²) in [6, 6.07) is 5.67. The lowest BCUT2D eigenvalue weighted by molar-refractivity contribution is 0.416. The van der Waals surface area contributed by atoms with Crippen molar-refractivity contribution in [3.05, 3.63) is 28.5 Å². The molecular weight excluding hydrogens is 272 g/mol. The Bertz CT molecular complexity index is 497. The highest BCUT2D eigenvalue weighted by atomic mass is 79.9. The Hall–Kier alpha value is -1.40. The Morgan fingerprint density at radius 2 is 2.31 bits per heavy atom. The van der Waals surface area contributed by atoms with E-state index in [1.807, 2.05) is 18.2 Å². The SMILES string of the molecule is COc1ccc(Br)cc1-c1n[nH]c(CN)n1. The lowest BCUT2D eigenvalue weighted by atomic mass is 10.2. The summed E-state index contributed by atoms with van der Waals surface area (Å²) in [6.07, 6.45) is 0. The van der Waals surface area contributed by atoms with E-state index in [0.29, 0.717) is 18.2 Å². The van der Waals surface area contributed by atoms with Gasteiger partial charge in [-0.15, -0.1) is 0 Å². The van der Waals surface area contributed by atoms with E-state index in [4.69, 9.17) is 10.5 Å². The second kappa shape index (κ2) is 4.63. The molecule has 0 atom stereocenters. The molecule has 0 bridgehead atoms. The maximum atomic E-state index is 5.47. The average Bonchev–Trinajstić information content (AvgIpc) is 2.77. The minimum absolute atomic E-state index is 0.337. The third-order valence-corrected chi connectivity index (χ3v) is 2.62. The molecule has 0 aliphatic rings. The van der Waals surface area contributed by atoms with Crippen LogP contribution in [0, 0.1) is 0 Å². The molecule has 0 unspecified atom stereocenters. The fourth-order valence-electron chi connectivity index (χ4n) is 1.36. The van der Waals surface area contributed by atoms with E-state index >= 15 is 0 Å². The van der Waals surface area contributed by atoms with E-state index in [-0.39, 0.29) is 0 Å². The van der Waals surface area contributed by atoms with Crippen molar-refractivity contribution in [1.29, 1.82) is 0 Å². The van der Waals surface area contributed by atoms with Crippen molar-refractivity contribution in [3.63, 3.8) is 0 Å². The number of rotatable bonds is 3. The predicted molar refractivity (Wildman–Crippen MR) is 64.0 cm³/mol. The predicted octanol–water partition coefficient (Wildman–Crippen LogP) is 1.70. The Kier molecular flexibility index (Phi) is 3.21. The maximum Gasteiger partial charge on any atom is 0.184 e. The number of hydrogen-bond acceptors (Lipinski definition) is 4. The molecule has 0 saturated carbocycles. The second-order valence-electron chi connectivity index (χ2n) is 3.15. The van der Waals surface area contributed by atoms with Gasteiger partial charge in [0.25, 0.3) is 0 Å². The highest BCUT2D eigenvalue weighted by Crippen LogP contribution is 2.30. The van der Waals surface area contributed by atoms with Crippen molar-refractivity contribution in [2.75, 3.05) is 7.11 Å². The van der Waals surface area contributed by atoms with E-state index in [1.165, 1.54) is 0 Å². The number of ether oxygens (including phenoxy) is 1. The van der Waals surface area contributed by atoms with Crippen LogP contribution in [0.2, 0.25) is 0 Å². The third kappa shape index (κ3) is 2.07. The van der Waals surface area contributed by atoms with Crippen molar-refractivity contribution in [2.24, 2.45) is 5.73 Å². The molecule has 0 spiro atoms. The number of aromatic amines is 1. The van der Waals surface area contributed by atoms with E-state index in [0.717, 1.165) is 15.8 Å². The van der Waals surface area contributed by atoms with Crippen LogP contribution in [-0.2, 0) is 6.54 Å². The minimum Gasteiger partial charge on any atom is -0.496 e. The van der Waals surface area contributed by atoms with Crippen molar-refractivity contribution in [2.45, 2.75) is 6.54 Å². The molecule has 0 radical (unpaired) electrons. The Morgan fingerprint density at radius 1 is 1.50 bits per heavy atom. The van der Waals surface area contributed by atoms with Gasteiger partial charge in [-0.2, -0.15) is 5.10 Å². The summed E-state index contributed by atoms with van der Waals surface area (Å²) >= 11 is 3.40.